The van der Waals surface area contributed by atoms with Crippen LogP contribution in [-0.4, -0.2) is 40.6 Å². The molecule has 0 spiro atoms. The van der Waals surface area contributed by atoms with Crippen molar-refractivity contribution in [1.82, 2.24) is 9.88 Å². The van der Waals surface area contributed by atoms with Crippen molar-refractivity contribution in [2.45, 2.75) is 26.7 Å². The quantitative estimate of drug-likeness (QED) is 0.922. The zero-order valence-electron chi connectivity index (χ0n) is 14.2. The summed E-state index contributed by atoms with van der Waals surface area (Å²) in [6.45, 7) is 5.87. The summed E-state index contributed by atoms with van der Waals surface area (Å²) in [4.78, 5) is 19.1. The van der Waals surface area contributed by atoms with Crippen molar-refractivity contribution in [1.29, 1.82) is 0 Å². The first-order valence-corrected chi connectivity index (χ1v) is 9.39. The number of hydrogen-bond acceptors (Lipinski definition) is 4. The van der Waals surface area contributed by atoms with Gasteiger partial charge in [-0.25, -0.2) is 4.98 Å². The largest absolute Gasteiger partial charge is 0.396 e. The summed E-state index contributed by atoms with van der Waals surface area (Å²) in [5, 5.41) is 12.4. The smallest absolute Gasteiger partial charge is 0.253 e. The maximum absolute atomic E-state index is 12.7. The number of likely N-dealkylation sites (tertiary alicyclic amines) is 1. The Morgan fingerprint density at radius 1 is 1.33 bits per heavy atom. The summed E-state index contributed by atoms with van der Waals surface area (Å²) in [7, 11) is 0. The third kappa shape index (κ3) is 3.68. The second-order valence-corrected chi connectivity index (χ2v) is 7.68. The number of aliphatic hydroxyl groups excluding tert-OH is 1. The van der Waals surface area contributed by atoms with Gasteiger partial charge in [0.05, 0.1) is 10.7 Å². The molecule has 2 heterocycles. The Labute approximate surface area is 147 Å². The summed E-state index contributed by atoms with van der Waals surface area (Å²) in [6.07, 6.45) is 1.95. The van der Waals surface area contributed by atoms with Gasteiger partial charge in [-0.3, -0.25) is 4.79 Å². The van der Waals surface area contributed by atoms with E-state index in [0.717, 1.165) is 47.8 Å². The molecule has 0 aliphatic carbocycles. The molecule has 24 heavy (non-hydrogen) atoms. The van der Waals surface area contributed by atoms with Crippen molar-refractivity contribution in [2.75, 3.05) is 19.7 Å². The first-order valence-electron chi connectivity index (χ1n) is 8.51. The summed E-state index contributed by atoms with van der Waals surface area (Å²) < 4.78 is 0. The zero-order chi connectivity index (χ0) is 17.1. The zero-order valence-corrected chi connectivity index (χ0v) is 15.1. The number of rotatable bonds is 4. The van der Waals surface area contributed by atoms with Crippen LogP contribution in [0.1, 0.15) is 35.1 Å². The van der Waals surface area contributed by atoms with Gasteiger partial charge < -0.3 is 10.0 Å². The van der Waals surface area contributed by atoms with Gasteiger partial charge in [0.15, 0.2) is 0 Å². The lowest BCUT2D eigenvalue weighted by molar-refractivity contribution is 0.0632. The van der Waals surface area contributed by atoms with Crippen LogP contribution in [0.3, 0.4) is 0 Å². The highest BCUT2D eigenvalue weighted by atomic mass is 32.1. The van der Waals surface area contributed by atoms with Crippen LogP contribution < -0.4 is 0 Å². The van der Waals surface area contributed by atoms with Crippen molar-refractivity contribution in [2.24, 2.45) is 11.8 Å². The number of amides is 1. The first-order chi connectivity index (χ1) is 11.6. The molecule has 4 nitrogen and oxygen atoms in total. The normalized spacial score (nSPS) is 17.0. The van der Waals surface area contributed by atoms with Crippen molar-refractivity contribution in [3.8, 4) is 11.3 Å². The van der Waals surface area contributed by atoms with Crippen LogP contribution in [0.25, 0.3) is 11.3 Å². The van der Waals surface area contributed by atoms with E-state index in [1.807, 2.05) is 41.5 Å². The van der Waals surface area contributed by atoms with E-state index in [-0.39, 0.29) is 12.5 Å². The van der Waals surface area contributed by atoms with Crippen molar-refractivity contribution in [3.63, 3.8) is 0 Å². The van der Waals surface area contributed by atoms with Crippen molar-refractivity contribution >= 4 is 17.2 Å². The molecule has 1 amide bonds. The number of carbonyl (C=O) groups is 1. The molecule has 0 radical (unpaired) electrons. The molecule has 0 bridgehead atoms. The average Bonchev–Trinajstić information content (AvgIpc) is 3.07. The Balaban J connectivity index is 1.64. The number of nitrogens with zero attached hydrogens (tertiary/aromatic N) is 2. The minimum atomic E-state index is 0.103. The van der Waals surface area contributed by atoms with Gasteiger partial charge in [-0.1, -0.05) is 19.1 Å². The van der Waals surface area contributed by atoms with Crippen molar-refractivity contribution < 1.29 is 9.90 Å². The molecule has 3 rings (SSSR count). The Morgan fingerprint density at radius 2 is 2.00 bits per heavy atom. The van der Waals surface area contributed by atoms with E-state index < -0.39 is 0 Å². The molecule has 1 fully saturated rings. The highest BCUT2D eigenvalue weighted by molar-refractivity contribution is 7.09. The Morgan fingerprint density at radius 3 is 2.54 bits per heavy atom. The maximum Gasteiger partial charge on any atom is 0.253 e. The molecule has 5 heteroatoms. The van der Waals surface area contributed by atoms with Crippen LogP contribution >= 0.6 is 11.3 Å². The van der Waals surface area contributed by atoms with E-state index in [1.54, 1.807) is 11.3 Å². The van der Waals surface area contributed by atoms with E-state index in [4.69, 9.17) is 0 Å². The Bertz CT molecular complexity index is 688. The average molecular weight is 344 g/mol. The first kappa shape index (κ1) is 17.1. The number of thiazole rings is 1. The molecule has 1 saturated heterocycles. The summed E-state index contributed by atoms with van der Waals surface area (Å²) >= 11 is 1.63. The predicted molar refractivity (Wildman–Crippen MR) is 97.2 cm³/mol. The van der Waals surface area contributed by atoms with Crippen LogP contribution in [0.5, 0.6) is 0 Å². The van der Waals surface area contributed by atoms with Gasteiger partial charge in [0.1, 0.15) is 0 Å². The fourth-order valence-electron chi connectivity index (χ4n) is 3.28. The SMILES string of the molecule is Cc1nc(-c2ccc(C(=O)N3CCC(C(C)CO)CC3)cc2)cs1. The van der Waals surface area contributed by atoms with Gasteiger partial charge in [-0.15, -0.1) is 11.3 Å². The second-order valence-electron chi connectivity index (χ2n) is 6.62. The van der Waals surface area contributed by atoms with Crippen molar-refractivity contribution in [3.05, 3.63) is 40.2 Å². The topological polar surface area (TPSA) is 53.4 Å². The molecule has 1 aromatic heterocycles. The molecule has 1 unspecified atom stereocenters. The lowest BCUT2D eigenvalue weighted by Gasteiger charge is -2.34. The second kappa shape index (κ2) is 7.45. The molecule has 1 aliphatic rings. The number of aliphatic hydroxyl groups is 1. The summed E-state index contributed by atoms with van der Waals surface area (Å²) in [5.41, 5.74) is 2.75. The number of carbonyl (C=O) groups excluding carboxylic acids is 1. The molecule has 1 aliphatic heterocycles. The highest BCUT2D eigenvalue weighted by Crippen LogP contribution is 2.26. The Kier molecular flexibility index (Phi) is 5.31. The van der Waals surface area contributed by atoms with Gasteiger partial charge in [-0.2, -0.15) is 0 Å². The van der Waals surface area contributed by atoms with Gasteiger partial charge in [0.2, 0.25) is 0 Å². The molecular formula is C19H24N2O2S. The third-order valence-corrected chi connectivity index (χ3v) is 5.74. The standard InChI is InChI=1S/C19H24N2O2S/c1-13(11-22)15-7-9-21(10-8-15)19(23)17-5-3-16(4-6-17)18-12-24-14(2)20-18/h3-6,12-13,15,22H,7-11H2,1-2H3. The van der Waals surface area contributed by atoms with Crippen LogP contribution in [-0.2, 0) is 0 Å². The minimum absolute atomic E-state index is 0.103. The third-order valence-electron chi connectivity index (χ3n) is 4.97. The van der Waals surface area contributed by atoms with Crippen LogP contribution in [0, 0.1) is 18.8 Å². The van der Waals surface area contributed by atoms with E-state index in [0.29, 0.717) is 11.8 Å². The van der Waals surface area contributed by atoms with E-state index in [2.05, 4.69) is 11.9 Å². The van der Waals surface area contributed by atoms with E-state index in [9.17, 15) is 9.90 Å². The number of piperidine rings is 1. The molecule has 0 saturated carbocycles. The highest BCUT2D eigenvalue weighted by Gasteiger charge is 2.26. The summed E-state index contributed by atoms with van der Waals surface area (Å²) in [5.74, 6) is 0.948. The van der Waals surface area contributed by atoms with Gasteiger partial charge in [0, 0.05) is 36.2 Å². The number of aromatic nitrogens is 1. The molecule has 128 valence electrons. The number of aryl methyl sites for hydroxylation is 1. The van der Waals surface area contributed by atoms with Crippen LogP contribution in [0.2, 0.25) is 0 Å². The molecule has 2 aromatic rings. The number of benzene rings is 1. The Hall–Kier alpha value is -1.72. The summed E-state index contributed by atoms with van der Waals surface area (Å²) in [6, 6.07) is 7.74. The van der Waals surface area contributed by atoms with E-state index >= 15 is 0 Å². The van der Waals surface area contributed by atoms with Crippen LogP contribution in [0.15, 0.2) is 29.6 Å². The molecule has 1 atom stereocenters. The fraction of sp³-hybridized carbons (Fsp3) is 0.474. The number of hydrogen-bond donors (Lipinski definition) is 1. The molecule has 1 aromatic carbocycles. The minimum Gasteiger partial charge on any atom is -0.396 e. The van der Waals surface area contributed by atoms with Gasteiger partial charge >= 0.3 is 0 Å². The predicted octanol–water partition coefficient (Wildman–Crippen LogP) is 3.60. The fourth-order valence-corrected chi connectivity index (χ4v) is 3.90. The lowest BCUT2D eigenvalue weighted by Crippen LogP contribution is -2.40. The maximum atomic E-state index is 12.7. The van der Waals surface area contributed by atoms with Gasteiger partial charge in [0.25, 0.3) is 5.91 Å². The molecule has 1 N–H and O–H groups in total. The lowest BCUT2D eigenvalue weighted by atomic mass is 9.86. The van der Waals surface area contributed by atoms with E-state index in [1.165, 1.54) is 0 Å². The van der Waals surface area contributed by atoms with Crippen LogP contribution in [0.4, 0.5) is 0 Å². The molecular weight excluding hydrogens is 320 g/mol. The monoisotopic (exact) mass is 344 g/mol. The van der Waals surface area contributed by atoms with Gasteiger partial charge in [-0.05, 0) is 43.7 Å².